The summed E-state index contributed by atoms with van der Waals surface area (Å²) >= 11 is 1.61. The Labute approximate surface area is 100 Å². The summed E-state index contributed by atoms with van der Waals surface area (Å²) < 4.78 is 10.1. The summed E-state index contributed by atoms with van der Waals surface area (Å²) in [7, 11) is 3.38. The lowest BCUT2D eigenvalue weighted by Crippen LogP contribution is -2.21. The van der Waals surface area contributed by atoms with Crippen molar-refractivity contribution in [2.75, 3.05) is 33.9 Å². The van der Waals surface area contributed by atoms with Gasteiger partial charge in [0.25, 0.3) is 0 Å². The molecule has 0 bridgehead atoms. The van der Waals surface area contributed by atoms with Crippen LogP contribution in [0, 0.1) is 0 Å². The summed E-state index contributed by atoms with van der Waals surface area (Å²) in [5.41, 5.74) is 0. The zero-order valence-corrected chi connectivity index (χ0v) is 10.8. The van der Waals surface area contributed by atoms with Crippen LogP contribution in [-0.2, 0) is 15.9 Å². The van der Waals surface area contributed by atoms with Gasteiger partial charge in [-0.05, 0) is 6.92 Å². The lowest BCUT2D eigenvalue weighted by atomic mass is 10.4. The van der Waals surface area contributed by atoms with Crippen molar-refractivity contribution in [3.8, 4) is 0 Å². The van der Waals surface area contributed by atoms with E-state index in [-0.39, 0.29) is 6.10 Å². The molecule has 0 amide bonds. The Morgan fingerprint density at radius 2 is 2.12 bits per heavy atom. The van der Waals surface area contributed by atoms with Crippen LogP contribution < -0.4 is 5.32 Å². The third kappa shape index (κ3) is 4.52. The minimum atomic E-state index is 0.0349. The third-order valence-corrected chi connectivity index (χ3v) is 3.33. The molecule has 0 aromatic carbocycles. The van der Waals surface area contributed by atoms with E-state index >= 15 is 0 Å². The predicted octanol–water partition coefficient (Wildman–Crippen LogP) is 1.02. The van der Waals surface area contributed by atoms with Crippen LogP contribution in [0.25, 0.3) is 0 Å². The van der Waals surface area contributed by atoms with Crippen LogP contribution in [0.15, 0.2) is 0 Å². The second-order valence-electron chi connectivity index (χ2n) is 3.40. The highest BCUT2D eigenvalue weighted by Crippen LogP contribution is 2.19. The maximum Gasteiger partial charge on any atom is 0.146 e. The SMILES string of the molecule is COCCNCCc1nnc(C(C)OC)s1. The van der Waals surface area contributed by atoms with Gasteiger partial charge >= 0.3 is 0 Å². The Bertz CT molecular complexity index is 293. The highest BCUT2D eigenvalue weighted by Gasteiger charge is 2.10. The Morgan fingerprint density at radius 3 is 2.81 bits per heavy atom. The van der Waals surface area contributed by atoms with Crippen LogP contribution >= 0.6 is 11.3 Å². The molecule has 0 aliphatic heterocycles. The predicted molar refractivity (Wildman–Crippen MR) is 63.8 cm³/mol. The van der Waals surface area contributed by atoms with Crippen molar-refractivity contribution < 1.29 is 9.47 Å². The van der Waals surface area contributed by atoms with Gasteiger partial charge in [0.05, 0.1) is 6.61 Å². The molecule has 0 spiro atoms. The summed E-state index contributed by atoms with van der Waals surface area (Å²) in [6.45, 7) is 4.49. The molecule has 16 heavy (non-hydrogen) atoms. The lowest BCUT2D eigenvalue weighted by Gasteiger charge is -2.02. The van der Waals surface area contributed by atoms with Gasteiger partial charge in [-0.2, -0.15) is 0 Å². The Balaban J connectivity index is 2.24. The number of rotatable bonds is 8. The molecule has 0 fully saturated rings. The third-order valence-electron chi connectivity index (χ3n) is 2.18. The number of nitrogens with one attached hydrogen (secondary N) is 1. The van der Waals surface area contributed by atoms with E-state index in [4.69, 9.17) is 9.47 Å². The van der Waals surface area contributed by atoms with Crippen LogP contribution in [0.2, 0.25) is 0 Å². The average molecular weight is 245 g/mol. The van der Waals surface area contributed by atoms with Crippen molar-refractivity contribution in [2.24, 2.45) is 0 Å². The van der Waals surface area contributed by atoms with Gasteiger partial charge in [0.1, 0.15) is 16.1 Å². The largest absolute Gasteiger partial charge is 0.383 e. The molecule has 1 atom stereocenters. The molecule has 1 N–H and O–H groups in total. The second-order valence-corrected chi connectivity index (χ2v) is 4.50. The summed E-state index contributed by atoms with van der Waals surface area (Å²) in [5.74, 6) is 0. The number of hydrogen-bond acceptors (Lipinski definition) is 6. The van der Waals surface area contributed by atoms with E-state index in [0.29, 0.717) is 0 Å². The first-order valence-corrected chi connectivity index (χ1v) is 6.14. The van der Waals surface area contributed by atoms with Gasteiger partial charge in [0.2, 0.25) is 0 Å². The number of methoxy groups -OCH3 is 2. The van der Waals surface area contributed by atoms with Gasteiger partial charge in [-0.3, -0.25) is 0 Å². The fourth-order valence-electron chi connectivity index (χ4n) is 1.13. The molecule has 0 aliphatic carbocycles. The Hall–Kier alpha value is -0.560. The van der Waals surface area contributed by atoms with Crippen molar-refractivity contribution in [1.29, 1.82) is 0 Å². The van der Waals surface area contributed by atoms with Gasteiger partial charge in [-0.25, -0.2) is 0 Å². The molecule has 0 saturated heterocycles. The average Bonchev–Trinajstić information content (AvgIpc) is 2.76. The molecule has 1 unspecified atom stereocenters. The summed E-state index contributed by atoms with van der Waals surface area (Å²) in [4.78, 5) is 0. The van der Waals surface area contributed by atoms with Gasteiger partial charge in [0, 0.05) is 33.7 Å². The Kier molecular flexibility index (Phi) is 6.47. The van der Waals surface area contributed by atoms with E-state index < -0.39 is 0 Å². The second kappa shape index (κ2) is 7.67. The molecule has 6 heteroatoms. The van der Waals surface area contributed by atoms with E-state index in [9.17, 15) is 0 Å². The molecule has 1 aromatic heterocycles. The van der Waals surface area contributed by atoms with Crippen LogP contribution in [0.5, 0.6) is 0 Å². The van der Waals surface area contributed by atoms with E-state index in [1.807, 2.05) is 6.92 Å². The van der Waals surface area contributed by atoms with Crippen molar-refractivity contribution in [3.63, 3.8) is 0 Å². The zero-order chi connectivity index (χ0) is 11.8. The van der Waals surface area contributed by atoms with Crippen molar-refractivity contribution >= 4 is 11.3 Å². The first-order valence-electron chi connectivity index (χ1n) is 5.32. The summed E-state index contributed by atoms with van der Waals surface area (Å²) in [5, 5.41) is 13.5. The molecular formula is C10H19N3O2S. The molecule has 1 heterocycles. The van der Waals surface area contributed by atoms with Crippen molar-refractivity contribution in [1.82, 2.24) is 15.5 Å². The number of hydrogen-bond donors (Lipinski definition) is 1. The topological polar surface area (TPSA) is 56.3 Å². The zero-order valence-electron chi connectivity index (χ0n) is 10.0. The van der Waals surface area contributed by atoms with Crippen LogP contribution in [-0.4, -0.2) is 44.1 Å². The molecular weight excluding hydrogens is 226 g/mol. The summed E-state index contributed by atoms with van der Waals surface area (Å²) in [6.07, 6.45) is 0.936. The molecule has 5 nitrogen and oxygen atoms in total. The van der Waals surface area contributed by atoms with E-state index in [0.717, 1.165) is 36.1 Å². The van der Waals surface area contributed by atoms with Gasteiger partial charge in [-0.1, -0.05) is 11.3 Å². The Morgan fingerprint density at radius 1 is 1.31 bits per heavy atom. The lowest BCUT2D eigenvalue weighted by molar-refractivity contribution is 0.118. The molecule has 0 saturated carbocycles. The smallest absolute Gasteiger partial charge is 0.146 e. The monoisotopic (exact) mass is 245 g/mol. The van der Waals surface area contributed by atoms with Crippen LogP contribution in [0.3, 0.4) is 0 Å². The molecule has 0 radical (unpaired) electrons. The number of nitrogens with zero attached hydrogens (tertiary/aromatic N) is 2. The molecule has 1 aromatic rings. The molecule has 1 rings (SSSR count). The summed E-state index contributed by atoms with van der Waals surface area (Å²) in [6, 6.07) is 0. The minimum absolute atomic E-state index is 0.0349. The van der Waals surface area contributed by atoms with Crippen LogP contribution in [0.4, 0.5) is 0 Å². The van der Waals surface area contributed by atoms with Crippen molar-refractivity contribution in [3.05, 3.63) is 10.0 Å². The molecule has 0 aliphatic rings. The fraction of sp³-hybridized carbons (Fsp3) is 0.800. The highest BCUT2D eigenvalue weighted by molar-refractivity contribution is 7.11. The van der Waals surface area contributed by atoms with Gasteiger partial charge in [0.15, 0.2) is 0 Å². The maximum atomic E-state index is 5.18. The van der Waals surface area contributed by atoms with E-state index in [1.165, 1.54) is 0 Å². The number of aromatic nitrogens is 2. The van der Waals surface area contributed by atoms with Crippen molar-refractivity contribution in [2.45, 2.75) is 19.4 Å². The minimum Gasteiger partial charge on any atom is -0.383 e. The van der Waals surface area contributed by atoms with Gasteiger partial charge < -0.3 is 14.8 Å². The normalized spacial score (nSPS) is 12.9. The first kappa shape index (κ1) is 13.5. The number of ether oxygens (including phenoxy) is 2. The van der Waals surface area contributed by atoms with E-state index in [2.05, 4.69) is 15.5 Å². The van der Waals surface area contributed by atoms with Gasteiger partial charge in [-0.15, -0.1) is 10.2 Å². The maximum absolute atomic E-state index is 5.18. The quantitative estimate of drug-likeness (QED) is 0.693. The highest BCUT2D eigenvalue weighted by atomic mass is 32.1. The first-order chi connectivity index (χ1) is 7.77. The fourth-order valence-corrected chi connectivity index (χ4v) is 2.00. The van der Waals surface area contributed by atoms with E-state index in [1.54, 1.807) is 25.6 Å². The van der Waals surface area contributed by atoms with Crippen LogP contribution in [0.1, 0.15) is 23.0 Å². The molecule has 92 valence electrons. The standard InChI is InChI=1S/C10H19N3O2S/c1-8(15-3)10-13-12-9(16-10)4-5-11-6-7-14-2/h8,11H,4-7H2,1-3H3.